The molecule has 1 heterocycles. The minimum atomic E-state index is -0.418. The van der Waals surface area contributed by atoms with Gasteiger partial charge >= 0.3 is 0 Å². The van der Waals surface area contributed by atoms with E-state index in [0.717, 1.165) is 17.0 Å². The largest absolute Gasteiger partial charge is 0.350 e. The van der Waals surface area contributed by atoms with E-state index in [-0.39, 0.29) is 11.8 Å². The molecule has 0 bridgehead atoms. The van der Waals surface area contributed by atoms with Gasteiger partial charge in [-0.1, -0.05) is 20.3 Å². The predicted octanol–water partition coefficient (Wildman–Crippen LogP) is 1.44. The highest BCUT2D eigenvalue weighted by molar-refractivity contribution is 7.09. The summed E-state index contributed by atoms with van der Waals surface area (Å²) in [6.45, 7) is 6.49. The van der Waals surface area contributed by atoms with Gasteiger partial charge in [-0.2, -0.15) is 0 Å². The minimum Gasteiger partial charge on any atom is -0.350 e. The van der Waals surface area contributed by atoms with Crippen LogP contribution in [-0.2, 0) is 11.3 Å². The molecule has 0 aliphatic rings. The summed E-state index contributed by atoms with van der Waals surface area (Å²) in [4.78, 5) is 16.9. The lowest BCUT2D eigenvalue weighted by Gasteiger charge is -2.17. The second kappa shape index (κ2) is 5.96. The second-order valence-electron chi connectivity index (χ2n) is 3.99. The van der Waals surface area contributed by atoms with Crippen LogP contribution in [0, 0.1) is 12.8 Å². The third-order valence-electron chi connectivity index (χ3n) is 2.83. The topological polar surface area (TPSA) is 68.0 Å². The zero-order valence-corrected chi connectivity index (χ0v) is 10.8. The van der Waals surface area contributed by atoms with Crippen LogP contribution in [0.5, 0.6) is 0 Å². The van der Waals surface area contributed by atoms with Crippen molar-refractivity contribution in [2.24, 2.45) is 11.7 Å². The predicted molar refractivity (Wildman–Crippen MR) is 66.1 cm³/mol. The van der Waals surface area contributed by atoms with Crippen molar-refractivity contribution in [1.82, 2.24) is 10.3 Å². The summed E-state index contributed by atoms with van der Waals surface area (Å²) < 4.78 is 0. The first kappa shape index (κ1) is 13.1. The molecule has 0 fully saturated rings. The monoisotopic (exact) mass is 241 g/mol. The summed E-state index contributed by atoms with van der Waals surface area (Å²) in [5.41, 5.74) is 8.58. The van der Waals surface area contributed by atoms with Gasteiger partial charge in [0.2, 0.25) is 5.91 Å². The molecule has 0 aromatic carbocycles. The maximum absolute atomic E-state index is 11.7. The summed E-state index contributed by atoms with van der Waals surface area (Å²) >= 11 is 1.55. The van der Waals surface area contributed by atoms with Crippen molar-refractivity contribution < 1.29 is 4.79 Å². The van der Waals surface area contributed by atoms with Crippen molar-refractivity contribution in [2.45, 2.75) is 39.8 Å². The Hall–Kier alpha value is -0.940. The number of carbonyl (C=O) groups is 1. The number of aryl methyl sites for hydroxylation is 1. The molecule has 0 spiro atoms. The Bertz CT molecular complexity index is 351. The van der Waals surface area contributed by atoms with Gasteiger partial charge in [-0.25, -0.2) is 4.98 Å². The molecular formula is C11H19N3OS. The van der Waals surface area contributed by atoms with E-state index in [9.17, 15) is 4.79 Å². The lowest BCUT2D eigenvalue weighted by Crippen LogP contribution is -2.44. The molecule has 0 saturated heterocycles. The van der Waals surface area contributed by atoms with E-state index >= 15 is 0 Å². The van der Waals surface area contributed by atoms with E-state index in [1.807, 2.05) is 20.8 Å². The van der Waals surface area contributed by atoms with Gasteiger partial charge in [0, 0.05) is 4.88 Å². The van der Waals surface area contributed by atoms with Crippen molar-refractivity contribution in [3.8, 4) is 0 Å². The molecule has 4 nitrogen and oxygen atoms in total. The molecule has 0 radical (unpaired) electrons. The number of hydrogen-bond acceptors (Lipinski definition) is 4. The average molecular weight is 241 g/mol. The summed E-state index contributed by atoms with van der Waals surface area (Å²) in [5.74, 6) is 0.129. The van der Waals surface area contributed by atoms with Gasteiger partial charge in [0.05, 0.1) is 23.8 Å². The summed E-state index contributed by atoms with van der Waals surface area (Å²) in [7, 11) is 0. The van der Waals surface area contributed by atoms with Crippen molar-refractivity contribution in [1.29, 1.82) is 0 Å². The molecule has 1 aromatic heterocycles. The van der Waals surface area contributed by atoms with Crippen LogP contribution in [0.25, 0.3) is 0 Å². The van der Waals surface area contributed by atoms with Gasteiger partial charge in [-0.3, -0.25) is 4.79 Å². The fraction of sp³-hybridized carbons (Fsp3) is 0.636. The van der Waals surface area contributed by atoms with Crippen LogP contribution in [0.3, 0.4) is 0 Å². The standard InChI is InChI=1S/C11H19N3OS/c1-4-7(2)10(12)11(15)13-5-9-8(3)14-6-16-9/h6-7,10H,4-5,12H2,1-3H3,(H,13,15)/t7-,10-/m0/s1. The van der Waals surface area contributed by atoms with Crippen molar-refractivity contribution in [3.05, 3.63) is 16.1 Å². The average Bonchev–Trinajstić information content (AvgIpc) is 2.69. The van der Waals surface area contributed by atoms with Crippen LogP contribution in [0.1, 0.15) is 30.8 Å². The fourth-order valence-corrected chi connectivity index (χ4v) is 2.01. The number of rotatable bonds is 5. The van der Waals surface area contributed by atoms with Crippen LogP contribution in [0.4, 0.5) is 0 Å². The molecule has 90 valence electrons. The summed E-state index contributed by atoms with van der Waals surface area (Å²) in [5, 5.41) is 2.85. The van der Waals surface area contributed by atoms with Crippen LogP contribution in [-0.4, -0.2) is 16.9 Å². The maximum Gasteiger partial charge on any atom is 0.237 e. The quantitative estimate of drug-likeness (QED) is 0.819. The SMILES string of the molecule is CC[C@H](C)[C@H](N)C(=O)NCc1scnc1C. The van der Waals surface area contributed by atoms with Crippen LogP contribution in [0.2, 0.25) is 0 Å². The number of thiazole rings is 1. The second-order valence-corrected chi connectivity index (χ2v) is 4.93. The molecule has 16 heavy (non-hydrogen) atoms. The minimum absolute atomic E-state index is 0.0813. The van der Waals surface area contributed by atoms with Gasteiger partial charge in [-0.15, -0.1) is 11.3 Å². The smallest absolute Gasteiger partial charge is 0.237 e. The Balaban J connectivity index is 2.44. The Morgan fingerprint density at radius 2 is 2.38 bits per heavy atom. The summed E-state index contributed by atoms with van der Waals surface area (Å²) in [6.07, 6.45) is 0.911. The van der Waals surface area contributed by atoms with Crippen molar-refractivity contribution >= 4 is 17.2 Å². The first-order valence-corrected chi connectivity index (χ1v) is 6.36. The molecule has 0 aliphatic carbocycles. The third-order valence-corrected chi connectivity index (χ3v) is 3.76. The molecule has 5 heteroatoms. The lowest BCUT2D eigenvalue weighted by molar-refractivity contribution is -0.123. The molecular weight excluding hydrogens is 222 g/mol. The van der Waals surface area contributed by atoms with Crippen LogP contribution < -0.4 is 11.1 Å². The van der Waals surface area contributed by atoms with Crippen molar-refractivity contribution in [3.63, 3.8) is 0 Å². The molecule has 2 atom stereocenters. The van der Waals surface area contributed by atoms with E-state index in [1.165, 1.54) is 0 Å². The van der Waals surface area contributed by atoms with E-state index < -0.39 is 6.04 Å². The molecule has 0 aliphatic heterocycles. The number of nitrogens with zero attached hydrogens (tertiary/aromatic N) is 1. The highest BCUT2D eigenvalue weighted by atomic mass is 32.1. The first-order chi connectivity index (χ1) is 7.56. The lowest BCUT2D eigenvalue weighted by atomic mass is 9.99. The molecule has 0 unspecified atom stereocenters. The highest BCUT2D eigenvalue weighted by Gasteiger charge is 2.19. The number of nitrogens with one attached hydrogen (secondary N) is 1. The summed E-state index contributed by atoms with van der Waals surface area (Å²) in [6, 6.07) is -0.418. The zero-order valence-electron chi connectivity index (χ0n) is 9.99. The molecule has 1 rings (SSSR count). The molecule has 1 amide bonds. The van der Waals surface area contributed by atoms with E-state index in [1.54, 1.807) is 16.8 Å². The molecule has 0 saturated carbocycles. The van der Waals surface area contributed by atoms with Crippen LogP contribution in [0.15, 0.2) is 5.51 Å². The Morgan fingerprint density at radius 3 is 2.88 bits per heavy atom. The van der Waals surface area contributed by atoms with Gasteiger partial charge in [0.15, 0.2) is 0 Å². The Labute approximate surface area is 100 Å². The Kier molecular flexibility index (Phi) is 4.89. The number of aromatic nitrogens is 1. The van der Waals surface area contributed by atoms with E-state index in [4.69, 9.17) is 5.73 Å². The number of hydrogen-bond donors (Lipinski definition) is 2. The number of amides is 1. The van der Waals surface area contributed by atoms with Gasteiger partial charge in [0.25, 0.3) is 0 Å². The Morgan fingerprint density at radius 1 is 1.69 bits per heavy atom. The van der Waals surface area contributed by atoms with Gasteiger partial charge in [-0.05, 0) is 12.8 Å². The number of nitrogens with two attached hydrogens (primary N) is 1. The number of carbonyl (C=O) groups excluding carboxylic acids is 1. The molecule has 3 N–H and O–H groups in total. The first-order valence-electron chi connectivity index (χ1n) is 5.48. The van der Waals surface area contributed by atoms with Gasteiger partial charge < -0.3 is 11.1 Å². The molecule has 1 aromatic rings. The normalized spacial score (nSPS) is 14.5. The fourth-order valence-electron chi connectivity index (χ4n) is 1.29. The van der Waals surface area contributed by atoms with Crippen LogP contribution >= 0.6 is 11.3 Å². The highest BCUT2D eigenvalue weighted by Crippen LogP contribution is 2.12. The van der Waals surface area contributed by atoms with Crippen molar-refractivity contribution in [2.75, 3.05) is 0 Å². The van der Waals surface area contributed by atoms with Gasteiger partial charge in [0.1, 0.15) is 0 Å². The third kappa shape index (κ3) is 3.28. The zero-order chi connectivity index (χ0) is 12.1. The van der Waals surface area contributed by atoms with E-state index in [0.29, 0.717) is 6.54 Å². The maximum atomic E-state index is 11.7. The van der Waals surface area contributed by atoms with E-state index in [2.05, 4.69) is 10.3 Å².